The summed E-state index contributed by atoms with van der Waals surface area (Å²) in [5.41, 5.74) is 15.3. The number of amides is 1. The fourth-order valence-corrected chi connectivity index (χ4v) is 4.17. The molecule has 170 valence electrons. The molecule has 1 amide bonds. The molecule has 0 unspecified atom stereocenters. The number of anilines is 1. The van der Waals surface area contributed by atoms with E-state index in [2.05, 4.69) is 10.00 Å². The molecule has 2 aromatic heterocycles. The standard InChI is InChI=1S/C23H30N6O3/c1-3-31-20-11-16(4-5-19(20)32-14-22(25)30)13-28-8-6-17(7-9-28)18-12-21(24)29-23(26-18)10-15(2)27-29/h4-5,10-12,17H,3,6-9,13-14,24H2,1-2H3,(H2,25,30). The first-order valence-corrected chi connectivity index (χ1v) is 10.9. The van der Waals surface area contributed by atoms with Gasteiger partial charge in [-0.15, -0.1) is 0 Å². The molecule has 1 aromatic carbocycles. The maximum absolute atomic E-state index is 11.0. The van der Waals surface area contributed by atoms with Crippen LogP contribution in [0.5, 0.6) is 11.5 Å². The Bertz CT molecular complexity index is 1100. The molecule has 3 heterocycles. The van der Waals surface area contributed by atoms with Crippen molar-refractivity contribution in [2.45, 2.75) is 39.2 Å². The zero-order valence-corrected chi connectivity index (χ0v) is 18.6. The number of carbonyl (C=O) groups excluding carboxylic acids is 1. The second-order valence-corrected chi connectivity index (χ2v) is 8.18. The number of aromatic nitrogens is 3. The average Bonchev–Trinajstić information content (AvgIpc) is 3.15. The van der Waals surface area contributed by atoms with E-state index in [1.54, 1.807) is 4.52 Å². The van der Waals surface area contributed by atoms with Crippen molar-refractivity contribution in [2.24, 2.45) is 5.73 Å². The van der Waals surface area contributed by atoms with E-state index in [1.165, 1.54) is 0 Å². The number of aryl methyl sites for hydroxylation is 1. The molecular weight excluding hydrogens is 408 g/mol. The minimum atomic E-state index is -0.516. The van der Waals surface area contributed by atoms with Gasteiger partial charge in [-0.05, 0) is 57.5 Å². The SMILES string of the molecule is CCOc1cc(CN2CCC(c3cc(N)n4nc(C)cc4n3)CC2)ccc1OCC(N)=O. The Morgan fingerprint density at radius 3 is 2.66 bits per heavy atom. The van der Waals surface area contributed by atoms with E-state index < -0.39 is 5.91 Å². The van der Waals surface area contributed by atoms with Crippen LogP contribution < -0.4 is 20.9 Å². The number of primary amides is 1. The number of likely N-dealkylation sites (tertiary alicyclic amines) is 1. The van der Waals surface area contributed by atoms with Gasteiger partial charge < -0.3 is 20.9 Å². The van der Waals surface area contributed by atoms with E-state index in [-0.39, 0.29) is 6.61 Å². The van der Waals surface area contributed by atoms with Crippen molar-refractivity contribution in [1.29, 1.82) is 0 Å². The van der Waals surface area contributed by atoms with Crippen molar-refractivity contribution >= 4 is 17.4 Å². The van der Waals surface area contributed by atoms with Crippen LogP contribution in [0.3, 0.4) is 0 Å². The molecule has 0 atom stereocenters. The zero-order valence-electron chi connectivity index (χ0n) is 18.6. The van der Waals surface area contributed by atoms with Gasteiger partial charge >= 0.3 is 0 Å². The van der Waals surface area contributed by atoms with Gasteiger partial charge in [0, 0.05) is 30.3 Å². The van der Waals surface area contributed by atoms with Gasteiger partial charge in [0.2, 0.25) is 0 Å². The number of rotatable bonds is 8. The third-order valence-electron chi connectivity index (χ3n) is 5.69. The quantitative estimate of drug-likeness (QED) is 0.553. The summed E-state index contributed by atoms with van der Waals surface area (Å²) in [6.07, 6.45) is 2.04. The maximum Gasteiger partial charge on any atom is 0.255 e. The lowest BCUT2D eigenvalue weighted by Crippen LogP contribution is -2.32. The number of nitrogens with zero attached hydrogens (tertiary/aromatic N) is 4. The molecular formula is C23H30N6O3. The predicted octanol–water partition coefficient (Wildman–Crippen LogP) is 2.26. The van der Waals surface area contributed by atoms with Crippen molar-refractivity contribution in [3.05, 3.63) is 47.3 Å². The van der Waals surface area contributed by atoms with Gasteiger partial charge in [-0.1, -0.05) is 6.07 Å². The Balaban J connectivity index is 1.39. The number of nitrogens with two attached hydrogens (primary N) is 2. The Hall–Kier alpha value is -3.33. The first-order chi connectivity index (χ1) is 15.4. The number of piperidine rings is 1. The van der Waals surface area contributed by atoms with Crippen LogP contribution in [-0.2, 0) is 11.3 Å². The van der Waals surface area contributed by atoms with Gasteiger partial charge in [-0.2, -0.15) is 9.61 Å². The molecule has 1 aliphatic rings. The largest absolute Gasteiger partial charge is 0.490 e. The molecule has 0 aliphatic carbocycles. The lowest BCUT2D eigenvalue weighted by atomic mass is 9.93. The van der Waals surface area contributed by atoms with E-state index in [1.807, 2.05) is 44.2 Å². The molecule has 9 nitrogen and oxygen atoms in total. The first-order valence-electron chi connectivity index (χ1n) is 10.9. The summed E-state index contributed by atoms with van der Waals surface area (Å²) >= 11 is 0. The van der Waals surface area contributed by atoms with Crippen LogP contribution in [0.1, 0.15) is 42.6 Å². The predicted molar refractivity (Wildman–Crippen MR) is 122 cm³/mol. The van der Waals surface area contributed by atoms with Crippen LogP contribution >= 0.6 is 0 Å². The van der Waals surface area contributed by atoms with E-state index in [4.69, 9.17) is 25.9 Å². The van der Waals surface area contributed by atoms with E-state index >= 15 is 0 Å². The highest BCUT2D eigenvalue weighted by atomic mass is 16.5. The third kappa shape index (κ3) is 4.94. The minimum absolute atomic E-state index is 0.170. The lowest BCUT2D eigenvalue weighted by molar-refractivity contribution is -0.119. The molecule has 32 heavy (non-hydrogen) atoms. The van der Waals surface area contributed by atoms with Crippen LogP contribution in [0, 0.1) is 6.92 Å². The van der Waals surface area contributed by atoms with Gasteiger partial charge in [0.25, 0.3) is 5.91 Å². The van der Waals surface area contributed by atoms with Gasteiger partial charge in [0.05, 0.1) is 12.3 Å². The van der Waals surface area contributed by atoms with Crippen LogP contribution in [0.2, 0.25) is 0 Å². The molecule has 4 rings (SSSR count). The van der Waals surface area contributed by atoms with Crippen molar-refractivity contribution < 1.29 is 14.3 Å². The number of ether oxygens (including phenoxy) is 2. The van der Waals surface area contributed by atoms with Crippen molar-refractivity contribution in [1.82, 2.24) is 19.5 Å². The minimum Gasteiger partial charge on any atom is -0.490 e. The van der Waals surface area contributed by atoms with Gasteiger partial charge in [0.1, 0.15) is 5.82 Å². The molecule has 1 aliphatic heterocycles. The third-order valence-corrected chi connectivity index (χ3v) is 5.69. The number of fused-ring (bicyclic) bond motifs is 1. The second-order valence-electron chi connectivity index (χ2n) is 8.18. The Labute approximate surface area is 187 Å². The average molecular weight is 439 g/mol. The van der Waals surface area contributed by atoms with Crippen LogP contribution in [0.15, 0.2) is 30.3 Å². The van der Waals surface area contributed by atoms with Crippen molar-refractivity contribution in [3.63, 3.8) is 0 Å². The van der Waals surface area contributed by atoms with Gasteiger partial charge in [-0.3, -0.25) is 9.69 Å². The maximum atomic E-state index is 11.0. The molecule has 1 fully saturated rings. The van der Waals surface area contributed by atoms with Crippen LogP contribution in [-0.4, -0.2) is 51.7 Å². The molecule has 0 bridgehead atoms. The second kappa shape index (κ2) is 9.44. The molecule has 9 heteroatoms. The Morgan fingerprint density at radius 1 is 1.16 bits per heavy atom. The first kappa shape index (κ1) is 21.9. The van der Waals surface area contributed by atoms with Gasteiger partial charge in [-0.25, -0.2) is 4.98 Å². The molecule has 0 radical (unpaired) electrons. The summed E-state index contributed by atoms with van der Waals surface area (Å²) in [4.78, 5) is 18.2. The highest BCUT2D eigenvalue weighted by molar-refractivity contribution is 5.75. The highest BCUT2D eigenvalue weighted by Gasteiger charge is 2.23. The molecule has 0 saturated carbocycles. The lowest BCUT2D eigenvalue weighted by Gasteiger charge is -2.32. The monoisotopic (exact) mass is 438 g/mol. The highest BCUT2D eigenvalue weighted by Crippen LogP contribution is 2.32. The summed E-state index contributed by atoms with van der Waals surface area (Å²) < 4.78 is 12.9. The van der Waals surface area contributed by atoms with E-state index in [9.17, 15) is 4.79 Å². The smallest absolute Gasteiger partial charge is 0.255 e. The van der Waals surface area contributed by atoms with Crippen molar-refractivity contribution in [2.75, 3.05) is 32.0 Å². The van der Waals surface area contributed by atoms with Gasteiger partial charge in [0.15, 0.2) is 23.8 Å². The van der Waals surface area contributed by atoms with E-state index in [0.717, 1.165) is 55.1 Å². The molecule has 1 saturated heterocycles. The number of benzene rings is 1. The number of hydrogen-bond donors (Lipinski definition) is 2. The summed E-state index contributed by atoms with van der Waals surface area (Å²) in [6, 6.07) is 9.74. The zero-order chi connectivity index (χ0) is 22.7. The summed E-state index contributed by atoms with van der Waals surface area (Å²) in [7, 11) is 0. The molecule has 0 spiro atoms. The fourth-order valence-electron chi connectivity index (χ4n) is 4.17. The van der Waals surface area contributed by atoms with Crippen LogP contribution in [0.4, 0.5) is 5.82 Å². The normalized spacial score (nSPS) is 15.2. The van der Waals surface area contributed by atoms with Crippen molar-refractivity contribution in [3.8, 4) is 11.5 Å². The number of carbonyl (C=O) groups is 1. The number of hydrogen-bond acceptors (Lipinski definition) is 7. The Morgan fingerprint density at radius 2 is 1.94 bits per heavy atom. The summed E-state index contributed by atoms with van der Waals surface area (Å²) in [5.74, 6) is 1.66. The van der Waals surface area contributed by atoms with Crippen LogP contribution in [0.25, 0.3) is 5.65 Å². The van der Waals surface area contributed by atoms with E-state index in [0.29, 0.717) is 29.8 Å². The molecule has 3 aromatic rings. The summed E-state index contributed by atoms with van der Waals surface area (Å²) in [6.45, 7) is 6.96. The topological polar surface area (TPSA) is 121 Å². The fraction of sp³-hybridized carbons (Fsp3) is 0.435. The molecule has 4 N–H and O–H groups in total. The Kier molecular flexibility index (Phi) is 6.45. The summed E-state index contributed by atoms with van der Waals surface area (Å²) in [5, 5.41) is 4.38. The number of nitrogen functional groups attached to an aromatic ring is 1.